The van der Waals surface area contributed by atoms with Gasteiger partial charge in [-0.3, -0.25) is 5.10 Å². The van der Waals surface area contributed by atoms with Crippen molar-refractivity contribution in [3.8, 4) is 0 Å². The molecule has 0 spiro atoms. The molecule has 0 saturated heterocycles. The molecule has 2 aromatic heterocycles. The summed E-state index contributed by atoms with van der Waals surface area (Å²) >= 11 is 1.64. The molecule has 0 bridgehead atoms. The molecule has 0 aliphatic carbocycles. The van der Waals surface area contributed by atoms with Crippen LogP contribution in [0.3, 0.4) is 0 Å². The van der Waals surface area contributed by atoms with Crippen LogP contribution in [0.15, 0.2) is 22.4 Å². The molecule has 2 heterocycles. The van der Waals surface area contributed by atoms with E-state index in [1.807, 2.05) is 24.4 Å². The molecule has 2 rings (SSSR count). The van der Waals surface area contributed by atoms with Crippen LogP contribution in [0.5, 0.6) is 0 Å². The first-order valence-electron chi connectivity index (χ1n) is 6.36. The number of sulfonamides is 1. The summed E-state index contributed by atoms with van der Waals surface area (Å²) in [6, 6.07) is 3.90. The van der Waals surface area contributed by atoms with Gasteiger partial charge in [-0.15, -0.1) is 11.3 Å². The normalized spacial score (nSPS) is 13.8. The second kappa shape index (κ2) is 5.67. The van der Waals surface area contributed by atoms with E-state index in [-0.39, 0.29) is 10.9 Å². The van der Waals surface area contributed by atoms with Crippen LogP contribution in [0.4, 0.5) is 0 Å². The first-order chi connectivity index (χ1) is 9.34. The van der Waals surface area contributed by atoms with E-state index in [1.165, 1.54) is 9.18 Å². The molecule has 0 aliphatic heterocycles. The van der Waals surface area contributed by atoms with Crippen molar-refractivity contribution in [1.82, 2.24) is 14.5 Å². The Kier molecular flexibility index (Phi) is 4.31. The Balaban J connectivity index is 2.25. The van der Waals surface area contributed by atoms with E-state index in [0.29, 0.717) is 17.8 Å². The first kappa shape index (κ1) is 15.2. The highest BCUT2D eigenvalue weighted by molar-refractivity contribution is 7.89. The number of aryl methyl sites for hydroxylation is 2. The summed E-state index contributed by atoms with van der Waals surface area (Å²) in [5.74, 6) is 0. The predicted molar refractivity (Wildman–Crippen MR) is 80.5 cm³/mol. The van der Waals surface area contributed by atoms with Gasteiger partial charge in [-0.2, -0.15) is 9.40 Å². The number of H-pyrrole nitrogens is 1. The Hall–Kier alpha value is -1.18. The van der Waals surface area contributed by atoms with E-state index >= 15 is 0 Å². The van der Waals surface area contributed by atoms with Gasteiger partial charge in [0.2, 0.25) is 10.0 Å². The standard InChI is InChI=1S/C13H19N3O2S2/c1-9(8-12-6-5-7-19-12)16(4)20(17,18)13-10(2)14-15-11(13)3/h5-7,9H,8H2,1-4H3,(H,14,15). The number of thiophene rings is 1. The number of hydrogen-bond acceptors (Lipinski definition) is 4. The lowest BCUT2D eigenvalue weighted by atomic mass is 10.2. The summed E-state index contributed by atoms with van der Waals surface area (Å²) in [7, 11) is -1.89. The zero-order valence-electron chi connectivity index (χ0n) is 12.0. The maximum absolute atomic E-state index is 12.7. The minimum absolute atomic E-state index is 0.104. The van der Waals surface area contributed by atoms with E-state index in [1.54, 1.807) is 32.2 Å². The van der Waals surface area contributed by atoms with Gasteiger partial charge in [0.05, 0.1) is 11.4 Å². The molecule has 0 aliphatic rings. The summed E-state index contributed by atoms with van der Waals surface area (Å²) in [5.41, 5.74) is 1.09. The number of nitrogens with one attached hydrogen (secondary N) is 1. The molecule has 0 fully saturated rings. The molecular weight excluding hydrogens is 294 g/mol. The van der Waals surface area contributed by atoms with Crippen LogP contribution in [0.1, 0.15) is 23.2 Å². The molecule has 0 saturated carbocycles. The molecule has 0 amide bonds. The van der Waals surface area contributed by atoms with Crippen molar-refractivity contribution >= 4 is 21.4 Å². The van der Waals surface area contributed by atoms with Gasteiger partial charge in [0, 0.05) is 18.0 Å². The Labute approximate surface area is 123 Å². The smallest absolute Gasteiger partial charge is 0.246 e. The molecule has 0 radical (unpaired) electrons. The maximum atomic E-state index is 12.7. The fraction of sp³-hybridized carbons (Fsp3) is 0.462. The quantitative estimate of drug-likeness (QED) is 0.921. The highest BCUT2D eigenvalue weighted by Crippen LogP contribution is 2.23. The summed E-state index contributed by atoms with van der Waals surface area (Å²) in [5, 5.41) is 8.70. The number of nitrogens with zero attached hydrogens (tertiary/aromatic N) is 2. The van der Waals surface area contributed by atoms with Gasteiger partial charge in [0.25, 0.3) is 0 Å². The average molecular weight is 313 g/mol. The number of hydrogen-bond donors (Lipinski definition) is 1. The van der Waals surface area contributed by atoms with Crippen LogP contribution in [-0.2, 0) is 16.4 Å². The van der Waals surface area contributed by atoms with E-state index < -0.39 is 10.0 Å². The van der Waals surface area contributed by atoms with Gasteiger partial charge in [0.15, 0.2) is 0 Å². The summed E-state index contributed by atoms with van der Waals surface area (Å²) in [6.07, 6.45) is 0.712. The lowest BCUT2D eigenvalue weighted by molar-refractivity contribution is 0.388. The summed E-state index contributed by atoms with van der Waals surface area (Å²) < 4.78 is 26.8. The number of aromatic nitrogens is 2. The fourth-order valence-electron chi connectivity index (χ4n) is 2.15. The third-order valence-corrected chi connectivity index (χ3v) is 6.53. The van der Waals surface area contributed by atoms with Gasteiger partial charge in [0.1, 0.15) is 4.90 Å². The van der Waals surface area contributed by atoms with Crippen molar-refractivity contribution in [3.63, 3.8) is 0 Å². The predicted octanol–water partition coefficient (Wildman–Crippen LogP) is 2.34. The summed E-state index contributed by atoms with van der Waals surface area (Å²) in [6.45, 7) is 5.35. The fourth-order valence-corrected chi connectivity index (χ4v) is 4.66. The topological polar surface area (TPSA) is 66.1 Å². The van der Waals surface area contributed by atoms with E-state index in [9.17, 15) is 8.42 Å². The molecule has 2 aromatic rings. The monoisotopic (exact) mass is 313 g/mol. The van der Waals surface area contributed by atoms with Crippen molar-refractivity contribution in [3.05, 3.63) is 33.8 Å². The van der Waals surface area contributed by atoms with Crippen LogP contribution in [0.2, 0.25) is 0 Å². The van der Waals surface area contributed by atoms with E-state index in [2.05, 4.69) is 10.2 Å². The van der Waals surface area contributed by atoms with Crippen LogP contribution in [0.25, 0.3) is 0 Å². The van der Waals surface area contributed by atoms with Gasteiger partial charge in [-0.1, -0.05) is 6.07 Å². The molecule has 20 heavy (non-hydrogen) atoms. The molecule has 1 atom stereocenters. The van der Waals surface area contributed by atoms with Gasteiger partial charge >= 0.3 is 0 Å². The van der Waals surface area contributed by atoms with E-state index in [0.717, 1.165) is 0 Å². The molecule has 7 heteroatoms. The highest BCUT2D eigenvalue weighted by atomic mass is 32.2. The molecule has 5 nitrogen and oxygen atoms in total. The lowest BCUT2D eigenvalue weighted by Gasteiger charge is -2.24. The third kappa shape index (κ3) is 2.79. The number of rotatable bonds is 5. The highest BCUT2D eigenvalue weighted by Gasteiger charge is 2.30. The van der Waals surface area contributed by atoms with Crippen LogP contribution >= 0.6 is 11.3 Å². The zero-order chi connectivity index (χ0) is 14.9. The minimum Gasteiger partial charge on any atom is -0.281 e. The Morgan fingerprint density at radius 3 is 2.65 bits per heavy atom. The zero-order valence-corrected chi connectivity index (χ0v) is 13.7. The van der Waals surface area contributed by atoms with E-state index in [4.69, 9.17) is 0 Å². The Bertz CT molecular complexity index is 655. The lowest BCUT2D eigenvalue weighted by Crippen LogP contribution is -2.36. The van der Waals surface area contributed by atoms with Crippen molar-refractivity contribution in [1.29, 1.82) is 0 Å². The first-order valence-corrected chi connectivity index (χ1v) is 8.68. The van der Waals surface area contributed by atoms with Crippen LogP contribution in [0, 0.1) is 13.8 Å². The van der Waals surface area contributed by atoms with Crippen molar-refractivity contribution in [2.75, 3.05) is 7.05 Å². The number of likely N-dealkylation sites (N-methyl/N-ethyl adjacent to an activating group) is 1. The SMILES string of the molecule is Cc1n[nH]c(C)c1S(=O)(=O)N(C)C(C)Cc1cccs1. The van der Waals surface area contributed by atoms with Gasteiger partial charge in [-0.25, -0.2) is 8.42 Å². The molecule has 1 unspecified atom stereocenters. The maximum Gasteiger partial charge on any atom is 0.246 e. The second-order valence-electron chi connectivity index (χ2n) is 4.92. The largest absolute Gasteiger partial charge is 0.281 e. The minimum atomic E-state index is -3.52. The molecule has 1 N–H and O–H groups in total. The van der Waals surface area contributed by atoms with Gasteiger partial charge < -0.3 is 0 Å². The Morgan fingerprint density at radius 1 is 1.45 bits per heavy atom. The number of aromatic amines is 1. The third-order valence-electron chi connectivity index (χ3n) is 3.40. The van der Waals surface area contributed by atoms with Crippen molar-refractivity contribution < 1.29 is 8.42 Å². The van der Waals surface area contributed by atoms with Crippen molar-refractivity contribution in [2.24, 2.45) is 0 Å². The Morgan fingerprint density at radius 2 is 2.15 bits per heavy atom. The van der Waals surface area contributed by atoms with Crippen molar-refractivity contribution in [2.45, 2.75) is 38.1 Å². The molecular formula is C13H19N3O2S2. The molecule has 110 valence electrons. The van der Waals surface area contributed by atoms with Crippen LogP contribution in [-0.4, -0.2) is 36.0 Å². The second-order valence-corrected chi connectivity index (χ2v) is 7.88. The molecule has 0 aromatic carbocycles. The van der Waals surface area contributed by atoms with Crippen LogP contribution < -0.4 is 0 Å². The average Bonchev–Trinajstić information content (AvgIpc) is 2.98. The van der Waals surface area contributed by atoms with Gasteiger partial charge in [-0.05, 0) is 38.6 Å². The summed E-state index contributed by atoms with van der Waals surface area (Å²) in [4.78, 5) is 1.47.